The van der Waals surface area contributed by atoms with Gasteiger partial charge in [0.1, 0.15) is 5.54 Å². The van der Waals surface area contributed by atoms with Crippen LogP contribution in [0.3, 0.4) is 0 Å². The van der Waals surface area contributed by atoms with Crippen LogP contribution in [-0.2, 0) is 14.3 Å². The molecule has 1 aliphatic carbocycles. The number of carbonyl (C=O) groups excluding carboxylic acids is 2. The van der Waals surface area contributed by atoms with Crippen LogP contribution in [0.1, 0.15) is 46.0 Å². The maximum atomic E-state index is 12.1. The van der Waals surface area contributed by atoms with Gasteiger partial charge in [0.05, 0.1) is 7.11 Å². The first-order chi connectivity index (χ1) is 8.99. The molecule has 110 valence electrons. The average Bonchev–Trinajstić information content (AvgIpc) is 2.45. The molecule has 1 fully saturated rings. The maximum Gasteiger partial charge on any atom is 0.331 e. The molecule has 0 aromatic carbocycles. The van der Waals surface area contributed by atoms with Gasteiger partial charge >= 0.3 is 5.97 Å². The second-order valence-corrected chi connectivity index (χ2v) is 5.55. The van der Waals surface area contributed by atoms with E-state index in [1.807, 2.05) is 0 Å². The number of amides is 1. The van der Waals surface area contributed by atoms with E-state index >= 15 is 0 Å². The third-order valence-electron chi connectivity index (χ3n) is 4.28. The third-order valence-corrected chi connectivity index (χ3v) is 4.28. The summed E-state index contributed by atoms with van der Waals surface area (Å²) in [6, 6.07) is 0. The molecule has 5 nitrogen and oxygen atoms in total. The van der Waals surface area contributed by atoms with E-state index in [2.05, 4.69) is 12.2 Å². The van der Waals surface area contributed by atoms with Crippen LogP contribution >= 0.6 is 0 Å². The minimum absolute atomic E-state index is 0.164. The first-order valence-corrected chi connectivity index (χ1v) is 7.09. The van der Waals surface area contributed by atoms with E-state index in [1.54, 1.807) is 6.92 Å². The second kappa shape index (κ2) is 6.89. The molecule has 1 saturated carbocycles. The Hall–Kier alpha value is -1.10. The van der Waals surface area contributed by atoms with E-state index in [1.165, 1.54) is 7.11 Å². The number of ether oxygens (including phenoxy) is 1. The van der Waals surface area contributed by atoms with E-state index < -0.39 is 5.54 Å². The van der Waals surface area contributed by atoms with Gasteiger partial charge in [0.2, 0.25) is 5.91 Å². The van der Waals surface area contributed by atoms with Gasteiger partial charge in [-0.3, -0.25) is 4.79 Å². The van der Waals surface area contributed by atoms with Crippen LogP contribution in [0.25, 0.3) is 0 Å². The zero-order valence-electron chi connectivity index (χ0n) is 12.2. The standard InChI is InChI=1S/C14H26N2O3/c1-4-11-5-7-14(8-6-11,13(18)19-3)16-12(17)10(2)9-15/h10-11H,4-9,15H2,1-3H3,(H,16,17). The molecule has 0 spiro atoms. The van der Waals surface area contributed by atoms with Crippen molar-refractivity contribution < 1.29 is 14.3 Å². The fourth-order valence-electron chi connectivity index (χ4n) is 2.62. The Morgan fingerprint density at radius 3 is 2.42 bits per heavy atom. The van der Waals surface area contributed by atoms with Gasteiger partial charge in [0.15, 0.2) is 0 Å². The van der Waals surface area contributed by atoms with Gasteiger partial charge in [0, 0.05) is 12.5 Å². The number of hydrogen-bond acceptors (Lipinski definition) is 4. The van der Waals surface area contributed by atoms with Crippen molar-refractivity contribution in [3.05, 3.63) is 0 Å². The lowest BCUT2D eigenvalue weighted by molar-refractivity contribution is -0.153. The monoisotopic (exact) mass is 270 g/mol. The molecule has 1 rings (SSSR count). The van der Waals surface area contributed by atoms with Crippen LogP contribution in [0.2, 0.25) is 0 Å². The summed E-state index contributed by atoms with van der Waals surface area (Å²) in [7, 11) is 1.37. The summed E-state index contributed by atoms with van der Waals surface area (Å²) in [6.45, 7) is 4.20. The highest BCUT2D eigenvalue weighted by Gasteiger charge is 2.44. The number of carbonyl (C=O) groups is 2. The molecule has 3 N–H and O–H groups in total. The molecule has 0 heterocycles. The average molecular weight is 270 g/mol. The number of esters is 1. The Kier molecular flexibility index (Phi) is 5.79. The van der Waals surface area contributed by atoms with Gasteiger partial charge in [0.25, 0.3) is 0 Å². The van der Waals surface area contributed by atoms with Crippen molar-refractivity contribution in [2.24, 2.45) is 17.6 Å². The van der Waals surface area contributed by atoms with Gasteiger partial charge in [-0.25, -0.2) is 4.79 Å². The van der Waals surface area contributed by atoms with Gasteiger partial charge < -0.3 is 15.8 Å². The van der Waals surface area contributed by atoms with Crippen LogP contribution in [0.4, 0.5) is 0 Å². The first-order valence-electron chi connectivity index (χ1n) is 7.09. The Morgan fingerprint density at radius 2 is 2.00 bits per heavy atom. The lowest BCUT2D eigenvalue weighted by Crippen LogP contribution is -2.58. The summed E-state index contributed by atoms with van der Waals surface area (Å²) in [6.07, 6.45) is 4.32. The van der Waals surface area contributed by atoms with Gasteiger partial charge in [-0.1, -0.05) is 20.3 Å². The zero-order valence-corrected chi connectivity index (χ0v) is 12.2. The molecule has 1 amide bonds. The van der Waals surface area contributed by atoms with Crippen LogP contribution in [0.15, 0.2) is 0 Å². The lowest BCUT2D eigenvalue weighted by atomic mass is 9.75. The number of hydrogen-bond donors (Lipinski definition) is 2. The van der Waals surface area contributed by atoms with Crippen LogP contribution in [0, 0.1) is 11.8 Å². The molecule has 0 aromatic heterocycles. The molecular formula is C14H26N2O3. The molecule has 0 bridgehead atoms. The second-order valence-electron chi connectivity index (χ2n) is 5.55. The predicted molar refractivity (Wildman–Crippen MR) is 73.4 cm³/mol. The van der Waals surface area contributed by atoms with Crippen molar-refractivity contribution >= 4 is 11.9 Å². The Balaban J connectivity index is 2.78. The highest BCUT2D eigenvalue weighted by Crippen LogP contribution is 2.34. The SMILES string of the molecule is CCC1CCC(NC(=O)C(C)CN)(C(=O)OC)CC1. The minimum atomic E-state index is -0.846. The number of nitrogens with one attached hydrogen (secondary N) is 1. The highest BCUT2D eigenvalue weighted by atomic mass is 16.5. The summed E-state index contributed by atoms with van der Waals surface area (Å²) >= 11 is 0. The van der Waals surface area contributed by atoms with Crippen LogP contribution in [-0.4, -0.2) is 31.1 Å². The zero-order chi connectivity index (χ0) is 14.5. The normalized spacial score (nSPS) is 28.5. The van der Waals surface area contributed by atoms with Gasteiger partial charge in [-0.15, -0.1) is 0 Å². The van der Waals surface area contributed by atoms with Gasteiger partial charge in [-0.2, -0.15) is 0 Å². The predicted octanol–water partition coefficient (Wildman–Crippen LogP) is 1.21. The third kappa shape index (κ3) is 3.69. The first kappa shape index (κ1) is 16.0. The van der Waals surface area contributed by atoms with Crippen LogP contribution < -0.4 is 11.1 Å². The summed E-state index contributed by atoms with van der Waals surface area (Å²) in [5.41, 5.74) is 4.65. The number of nitrogens with two attached hydrogens (primary N) is 1. The van der Waals surface area contributed by atoms with E-state index in [0.29, 0.717) is 18.8 Å². The van der Waals surface area contributed by atoms with Crippen molar-refractivity contribution in [1.82, 2.24) is 5.32 Å². The molecule has 1 aliphatic rings. The Morgan fingerprint density at radius 1 is 1.42 bits per heavy atom. The van der Waals surface area contributed by atoms with E-state index in [0.717, 1.165) is 19.3 Å². The van der Waals surface area contributed by atoms with Crippen molar-refractivity contribution in [2.75, 3.05) is 13.7 Å². The molecule has 1 unspecified atom stereocenters. The smallest absolute Gasteiger partial charge is 0.331 e. The summed E-state index contributed by atoms with van der Waals surface area (Å²) in [5, 5.41) is 2.88. The van der Waals surface area contributed by atoms with Crippen molar-refractivity contribution in [3.63, 3.8) is 0 Å². The van der Waals surface area contributed by atoms with Crippen molar-refractivity contribution in [2.45, 2.75) is 51.5 Å². The molecule has 0 aliphatic heterocycles. The Bertz CT molecular complexity index is 323. The summed E-state index contributed by atoms with van der Waals surface area (Å²) < 4.78 is 4.89. The molecule has 0 aromatic rings. The van der Waals surface area contributed by atoms with E-state index in [9.17, 15) is 9.59 Å². The molecule has 1 atom stereocenters. The largest absolute Gasteiger partial charge is 0.467 e. The maximum absolute atomic E-state index is 12.1. The molecular weight excluding hydrogens is 244 g/mol. The number of methoxy groups -OCH3 is 1. The minimum Gasteiger partial charge on any atom is -0.467 e. The highest BCUT2D eigenvalue weighted by molar-refractivity contribution is 5.89. The van der Waals surface area contributed by atoms with Crippen molar-refractivity contribution in [1.29, 1.82) is 0 Å². The fourth-order valence-corrected chi connectivity index (χ4v) is 2.62. The molecule has 19 heavy (non-hydrogen) atoms. The fraction of sp³-hybridized carbons (Fsp3) is 0.857. The lowest BCUT2D eigenvalue weighted by Gasteiger charge is -2.38. The summed E-state index contributed by atoms with van der Waals surface area (Å²) in [4.78, 5) is 24.1. The topological polar surface area (TPSA) is 81.4 Å². The van der Waals surface area contributed by atoms with E-state index in [4.69, 9.17) is 10.5 Å². The van der Waals surface area contributed by atoms with E-state index in [-0.39, 0.29) is 24.3 Å². The van der Waals surface area contributed by atoms with Crippen molar-refractivity contribution in [3.8, 4) is 0 Å². The number of rotatable bonds is 5. The Labute approximate surface area is 115 Å². The molecule has 0 saturated heterocycles. The van der Waals surface area contributed by atoms with Crippen LogP contribution in [0.5, 0.6) is 0 Å². The molecule has 0 radical (unpaired) electrons. The quantitative estimate of drug-likeness (QED) is 0.736. The molecule has 5 heteroatoms. The summed E-state index contributed by atoms with van der Waals surface area (Å²) in [5.74, 6) is -0.144. The van der Waals surface area contributed by atoms with Gasteiger partial charge in [-0.05, 0) is 31.6 Å².